The minimum atomic E-state index is -0.921. The predicted molar refractivity (Wildman–Crippen MR) is 79.5 cm³/mol. The van der Waals surface area contributed by atoms with Crippen LogP contribution >= 0.6 is 22.7 Å². The number of phenols is 1. The van der Waals surface area contributed by atoms with Gasteiger partial charge in [0.05, 0.1) is 10.6 Å². The van der Waals surface area contributed by atoms with Crippen molar-refractivity contribution in [2.24, 2.45) is 0 Å². The minimum Gasteiger partial charge on any atom is -0.508 e. The van der Waals surface area contributed by atoms with E-state index in [4.69, 9.17) is 5.11 Å². The van der Waals surface area contributed by atoms with Gasteiger partial charge in [-0.25, -0.2) is 9.78 Å². The number of carboxylic acid groups (broad SMARTS) is 1. The zero-order chi connectivity index (χ0) is 14.1. The maximum absolute atomic E-state index is 10.9. The molecule has 0 aliphatic rings. The molecule has 0 bridgehead atoms. The summed E-state index contributed by atoms with van der Waals surface area (Å²) in [6.45, 7) is 0. The first kappa shape index (κ1) is 12.8. The van der Waals surface area contributed by atoms with Crippen LogP contribution in [0.1, 0.15) is 9.67 Å². The maximum atomic E-state index is 10.9. The molecule has 0 spiro atoms. The Bertz CT molecular complexity index is 759. The van der Waals surface area contributed by atoms with Crippen LogP contribution in [0.5, 0.6) is 5.75 Å². The van der Waals surface area contributed by atoms with Crippen LogP contribution in [0.4, 0.5) is 0 Å². The van der Waals surface area contributed by atoms with E-state index >= 15 is 0 Å². The van der Waals surface area contributed by atoms with E-state index in [1.54, 1.807) is 36.4 Å². The number of aromatic hydroxyl groups is 1. The summed E-state index contributed by atoms with van der Waals surface area (Å²) in [4.78, 5) is 16.5. The van der Waals surface area contributed by atoms with Crippen molar-refractivity contribution in [2.75, 3.05) is 0 Å². The van der Waals surface area contributed by atoms with Crippen molar-refractivity contribution in [1.82, 2.24) is 4.98 Å². The lowest BCUT2D eigenvalue weighted by molar-refractivity contribution is 0.0702. The lowest BCUT2D eigenvalue weighted by Gasteiger charge is -1.96. The van der Waals surface area contributed by atoms with E-state index in [0.717, 1.165) is 21.1 Å². The Morgan fingerprint density at radius 3 is 2.50 bits per heavy atom. The Morgan fingerprint density at radius 1 is 1.10 bits per heavy atom. The second-order valence-electron chi connectivity index (χ2n) is 4.05. The summed E-state index contributed by atoms with van der Waals surface area (Å²) in [7, 11) is 0. The second kappa shape index (κ2) is 5.07. The molecule has 0 saturated heterocycles. The monoisotopic (exact) mass is 303 g/mol. The molecule has 0 unspecified atom stereocenters. The summed E-state index contributed by atoms with van der Waals surface area (Å²) in [5.41, 5.74) is 1.70. The van der Waals surface area contributed by atoms with E-state index in [0.29, 0.717) is 4.88 Å². The van der Waals surface area contributed by atoms with E-state index < -0.39 is 5.97 Å². The molecule has 0 saturated carbocycles. The van der Waals surface area contributed by atoms with Crippen molar-refractivity contribution in [3.05, 3.63) is 46.7 Å². The van der Waals surface area contributed by atoms with E-state index in [1.807, 2.05) is 5.38 Å². The largest absolute Gasteiger partial charge is 0.508 e. The van der Waals surface area contributed by atoms with E-state index in [9.17, 15) is 9.90 Å². The summed E-state index contributed by atoms with van der Waals surface area (Å²) in [5.74, 6) is -0.704. The molecule has 3 rings (SSSR count). The molecule has 0 fully saturated rings. The number of phenolic OH excluding ortho intramolecular Hbond substituents is 1. The normalized spacial score (nSPS) is 10.6. The number of carboxylic acids is 1. The van der Waals surface area contributed by atoms with Crippen LogP contribution in [0.15, 0.2) is 41.8 Å². The zero-order valence-electron chi connectivity index (χ0n) is 10.1. The van der Waals surface area contributed by atoms with Crippen molar-refractivity contribution in [1.29, 1.82) is 0 Å². The molecule has 0 aliphatic carbocycles. The lowest BCUT2D eigenvalue weighted by atomic mass is 10.2. The van der Waals surface area contributed by atoms with Gasteiger partial charge in [0.15, 0.2) is 0 Å². The fourth-order valence-corrected chi connectivity index (χ4v) is 3.42. The number of carbonyl (C=O) groups is 1. The molecule has 1 aromatic carbocycles. The third-order valence-electron chi connectivity index (χ3n) is 2.69. The summed E-state index contributed by atoms with van der Waals surface area (Å²) in [5, 5.41) is 20.9. The Hall–Kier alpha value is -2.18. The van der Waals surface area contributed by atoms with Crippen molar-refractivity contribution < 1.29 is 15.0 Å². The van der Waals surface area contributed by atoms with Gasteiger partial charge in [-0.2, -0.15) is 0 Å². The van der Waals surface area contributed by atoms with Gasteiger partial charge in [-0.05, 0) is 36.4 Å². The first-order valence-electron chi connectivity index (χ1n) is 5.72. The number of aromatic nitrogens is 1. The average molecular weight is 303 g/mol. The number of aromatic carboxylic acids is 1. The highest BCUT2D eigenvalue weighted by Gasteiger charge is 2.11. The third-order valence-corrected chi connectivity index (χ3v) is 4.67. The summed E-state index contributed by atoms with van der Waals surface area (Å²) in [6, 6.07) is 10.2. The molecule has 2 aromatic heterocycles. The van der Waals surface area contributed by atoms with Crippen LogP contribution in [-0.2, 0) is 0 Å². The Balaban J connectivity index is 1.93. The van der Waals surface area contributed by atoms with Crippen LogP contribution in [0.2, 0.25) is 0 Å². The van der Waals surface area contributed by atoms with Gasteiger partial charge in [0, 0.05) is 10.9 Å². The molecule has 6 heteroatoms. The molecule has 0 amide bonds. The van der Waals surface area contributed by atoms with E-state index in [-0.39, 0.29) is 5.75 Å². The molecule has 4 nitrogen and oxygen atoms in total. The van der Waals surface area contributed by atoms with Gasteiger partial charge >= 0.3 is 5.97 Å². The Labute approximate surface area is 122 Å². The molecule has 0 radical (unpaired) electrons. The van der Waals surface area contributed by atoms with Crippen LogP contribution < -0.4 is 0 Å². The number of thiazole rings is 1. The maximum Gasteiger partial charge on any atom is 0.345 e. The van der Waals surface area contributed by atoms with Crippen LogP contribution in [-0.4, -0.2) is 21.2 Å². The minimum absolute atomic E-state index is 0.217. The van der Waals surface area contributed by atoms with Crippen LogP contribution in [0.3, 0.4) is 0 Å². The van der Waals surface area contributed by atoms with Crippen molar-refractivity contribution in [2.45, 2.75) is 0 Å². The Kier molecular flexibility index (Phi) is 3.25. The van der Waals surface area contributed by atoms with Gasteiger partial charge in [-0.15, -0.1) is 22.7 Å². The summed E-state index contributed by atoms with van der Waals surface area (Å²) >= 11 is 2.70. The molecule has 100 valence electrons. The summed E-state index contributed by atoms with van der Waals surface area (Å²) < 4.78 is 0. The number of hydrogen-bond acceptors (Lipinski definition) is 5. The molecule has 2 heterocycles. The number of benzene rings is 1. The first-order chi connectivity index (χ1) is 9.63. The third kappa shape index (κ3) is 2.43. The molecular weight excluding hydrogens is 294 g/mol. The van der Waals surface area contributed by atoms with E-state index in [2.05, 4.69) is 4.98 Å². The van der Waals surface area contributed by atoms with Crippen LogP contribution in [0, 0.1) is 0 Å². The van der Waals surface area contributed by atoms with Gasteiger partial charge in [-0.1, -0.05) is 0 Å². The predicted octanol–water partition coefficient (Wildman–Crippen LogP) is 3.94. The molecular formula is C14H9NO3S2. The SMILES string of the molecule is O=C(O)c1ccc(-c2csc(-c3ccc(O)cc3)n2)s1. The quantitative estimate of drug-likeness (QED) is 0.768. The van der Waals surface area contributed by atoms with Gasteiger partial charge in [0.25, 0.3) is 0 Å². The fraction of sp³-hybridized carbons (Fsp3) is 0. The highest BCUT2D eigenvalue weighted by molar-refractivity contribution is 7.18. The topological polar surface area (TPSA) is 70.4 Å². The van der Waals surface area contributed by atoms with Crippen molar-refractivity contribution >= 4 is 28.6 Å². The zero-order valence-corrected chi connectivity index (χ0v) is 11.7. The second-order valence-corrected chi connectivity index (χ2v) is 6.00. The molecule has 0 aliphatic heterocycles. The number of nitrogens with zero attached hydrogens (tertiary/aromatic N) is 1. The molecule has 3 aromatic rings. The van der Waals surface area contributed by atoms with Crippen LogP contribution in [0.25, 0.3) is 21.1 Å². The number of rotatable bonds is 3. The van der Waals surface area contributed by atoms with Gasteiger partial charge in [0.2, 0.25) is 0 Å². The standard InChI is InChI=1S/C14H9NO3S2/c16-9-3-1-8(2-4-9)13-15-10(7-19-13)11-5-6-12(20-11)14(17)18/h1-7,16H,(H,17,18). The van der Waals surface area contributed by atoms with Gasteiger partial charge in [0.1, 0.15) is 15.6 Å². The number of hydrogen-bond donors (Lipinski definition) is 2. The lowest BCUT2D eigenvalue weighted by Crippen LogP contribution is -1.89. The highest BCUT2D eigenvalue weighted by Crippen LogP contribution is 2.33. The molecule has 20 heavy (non-hydrogen) atoms. The molecule has 2 N–H and O–H groups in total. The Morgan fingerprint density at radius 2 is 1.85 bits per heavy atom. The highest BCUT2D eigenvalue weighted by atomic mass is 32.1. The average Bonchev–Trinajstić information content (AvgIpc) is 3.08. The fourth-order valence-electron chi connectivity index (χ4n) is 1.71. The first-order valence-corrected chi connectivity index (χ1v) is 7.41. The van der Waals surface area contributed by atoms with Gasteiger partial charge in [-0.3, -0.25) is 0 Å². The molecule has 0 atom stereocenters. The van der Waals surface area contributed by atoms with Gasteiger partial charge < -0.3 is 10.2 Å². The summed E-state index contributed by atoms with van der Waals surface area (Å²) in [6.07, 6.45) is 0. The smallest absolute Gasteiger partial charge is 0.345 e. The number of thiophene rings is 1. The van der Waals surface area contributed by atoms with E-state index in [1.165, 1.54) is 22.7 Å². The van der Waals surface area contributed by atoms with Crippen molar-refractivity contribution in [3.8, 4) is 26.9 Å². The van der Waals surface area contributed by atoms with Crippen molar-refractivity contribution in [3.63, 3.8) is 0 Å².